The van der Waals surface area contributed by atoms with Crippen LogP contribution in [0.2, 0.25) is 0 Å². The molecule has 16 nitrogen and oxygen atoms in total. The third kappa shape index (κ3) is 7.50. The first kappa shape index (κ1) is 36.2. The van der Waals surface area contributed by atoms with E-state index >= 15 is 0 Å². The SMILES string of the molecule is C.COc1nc(C2=NC(c3nc4ccccc4o3)CON2)ccc1-n1cnc(C)c1.COc1nc(C2=NC(c3nc4ccccc4o3)CON2)ccc1Br. The summed E-state index contributed by atoms with van der Waals surface area (Å²) < 4.78 is 24.9. The molecule has 0 aliphatic carbocycles. The van der Waals surface area contributed by atoms with Crippen molar-refractivity contribution in [3.63, 3.8) is 0 Å². The molecule has 0 saturated heterocycles. The van der Waals surface area contributed by atoms with Crippen molar-refractivity contribution in [1.29, 1.82) is 0 Å². The molecule has 2 unspecified atom stereocenters. The van der Waals surface area contributed by atoms with Gasteiger partial charge in [-0.05, 0) is 71.4 Å². The number of hydroxylamine groups is 2. The Morgan fingerprint density at radius 1 is 0.704 bits per heavy atom. The Balaban J connectivity index is 0.000000166. The number of oxazole rings is 2. The lowest BCUT2D eigenvalue weighted by atomic mass is 10.2. The summed E-state index contributed by atoms with van der Waals surface area (Å²) in [5, 5.41) is 0. The van der Waals surface area contributed by atoms with E-state index in [2.05, 4.69) is 61.8 Å². The van der Waals surface area contributed by atoms with Gasteiger partial charge in [-0.15, -0.1) is 0 Å². The number of halogens is 1. The van der Waals surface area contributed by atoms with Gasteiger partial charge >= 0.3 is 0 Å². The maximum atomic E-state index is 5.83. The number of aryl methyl sites for hydroxylation is 1. The van der Waals surface area contributed by atoms with Crippen molar-refractivity contribution in [3.05, 3.63) is 119 Å². The number of hydrogen-bond acceptors (Lipinski definition) is 15. The fourth-order valence-electron chi connectivity index (χ4n) is 5.53. The van der Waals surface area contributed by atoms with E-state index in [-0.39, 0.29) is 19.5 Å². The van der Waals surface area contributed by atoms with Crippen LogP contribution in [0.3, 0.4) is 0 Å². The van der Waals surface area contributed by atoms with Crippen LogP contribution in [-0.4, -0.2) is 68.6 Å². The minimum atomic E-state index is -0.373. The Bertz CT molecular complexity index is 2410. The van der Waals surface area contributed by atoms with E-state index in [1.54, 1.807) is 20.5 Å². The van der Waals surface area contributed by atoms with Crippen LogP contribution in [0.25, 0.3) is 27.9 Å². The molecule has 0 amide bonds. The van der Waals surface area contributed by atoms with Crippen LogP contribution in [0.15, 0.2) is 109 Å². The molecule has 54 heavy (non-hydrogen) atoms. The van der Waals surface area contributed by atoms with E-state index in [0.717, 1.165) is 38.1 Å². The fourth-order valence-corrected chi connectivity index (χ4v) is 5.92. The number of aromatic nitrogens is 6. The summed E-state index contributed by atoms with van der Waals surface area (Å²) in [5.41, 5.74) is 11.5. The second-order valence-corrected chi connectivity index (χ2v) is 12.5. The second kappa shape index (κ2) is 15.8. The zero-order valence-corrected chi connectivity index (χ0v) is 30.1. The van der Waals surface area contributed by atoms with Gasteiger partial charge in [0.25, 0.3) is 0 Å². The van der Waals surface area contributed by atoms with Gasteiger partial charge in [-0.2, -0.15) is 0 Å². The highest BCUT2D eigenvalue weighted by Crippen LogP contribution is 2.28. The van der Waals surface area contributed by atoms with Gasteiger partial charge < -0.3 is 22.9 Å². The minimum absolute atomic E-state index is 0. The number of para-hydroxylation sites is 4. The molecule has 2 aliphatic heterocycles. The lowest BCUT2D eigenvalue weighted by Crippen LogP contribution is -2.33. The van der Waals surface area contributed by atoms with Gasteiger partial charge in [0.05, 0.1) is 30.7 Å². The Hall–Kier alpha value is -6.17. The van der Waals surface area contributed by atoms with Gasteiger partial charge in [-0.1, -0.05) is 31.7 Å². The van der Waals surface area contributed by atoms with Crippen molar-refractivity contribution in [2.75, 3.05) is 27.4 Å². The van der Waals surface area contributed by atoms with Crippen LogP contribution in [0.4, 0.5) is 0 Å². The van der Waals surface area contributed by atoms with Crippen molar-refractivity contribution in [2.24, 2.45) is 9.98 Å². The molecule has 2 atom stereocenters. The zero-order valence-electron chi connectivity index (χ0n) is 28.6. The molecule has 2 aliphatic rings. The Morgan fingerprint density at radius 3 is 1.76 bits per heavy atom. The molecule has 5 aromatic heterocycles. The minimum Gasteiger partial charge on any atom is -0.480 e. The summed E-state index contributed by atoms with van der Waals surface area (Å²) in [5.74, 6) is 2.92. The van der Waals surface area contributed by atoms with Crippen LogP contribution in [0.5, 0.6) is 11.8 Å². The summed E-state index contributed by atoms with van der Waals surface area (Å²) >= 11 is 3.38. The molecular weight excluding hydrogens is 760 g/mol. The standard InChI is InChI=1S/C20H18N6O3.C16H13BrN4O3.CH4/c1-12-9-26(11-21-12)16-8-7-14(24-20(16)27-2)18-22-15(10-28-25-18)19-23-13-5-3-4-6-17(13)29-19;1-22-15-9(17)6-7-11(20-15)14-18-12(8-23-21-14)16-19-10-4-2-3-5-13(10)24-16;/h3-9,11,15H,10H2,1-2H3,(H,22,25);2-7,12H,8H2,1H3,(H,18,21);1H4. The summed E-state index contributed by atoms with van der Waals surface area (Å²) in [6, 6.07) is 21.9. The highest BCUT2D eigenvalue weighted by molar-refractivity contribution is 9.10. The van der Waals surface area contributed by atoms with Crippen molar-refractivity contribution in [3.8, 4) is 17.4 Å². The van der Waals surface area contributed by atoms with Crippen LogP contribution in [-0.2, 0) is 9.68 Å². The summed E-state index contributed by atoms with van der Waals surface area (Å²) in [6.45, 7) is 2.55. The molecule has 2 N–H and O–H groups in total. The van der Waals surface area contributed by atoms with Crippen molar-refractivity contribution in [1.82, 2.24) is 40.4 Å². The third-order valence-corrected chi connectivity index (χ3v) is 8.70. The topological polar surface area (TPSA) is 181 Å². The number of methoxy groups -OCH3 is 2. The maximum Gasteiger partial charge on any atom is 0.238 e. The normalized spacial score (nSPS) is 16.6. The first-order valence-electron chi connectivity index (χ1n) is 16.3. The zero-order chi connectivity index (χ0) is 36.3. The quantitative estimate of drug-likeness (QED) is 0.181. The summed E-state index contributed by atoms with van der Waals surface area (Å²) in [4.78, 5) is 42.5. The van der Waals surface area contributed by atoms with Crippen LogP contribution < -0.4 is 20.4 Å². The van der Waals surface area contributed by atoms with E-state index < -0.39 is 0 Å². The number of ether oxygens (including phenoxy) is 2. The second-order valence-electron chi connectivity index (χ2n) is 11.7. The fraction of sp³-hybridized carbons (Fsp3) is 0.216. The largest absolute Gasteiger partial charge is 0.480 e. The van der Waals surface area contributed by atoms with Crippen LogP contribution in [0.1, 0.15) is 48.4 Å². The summed E-state index contributed by atoms with van der Waals surface area (Å²) in [7, 11) is 3.14. The number of fused-ring (bicyclic) bond motifs is 2. The van der Waals surface area contributed by atoms with Gasteiger partial charge in [-0.25, -0.2) is 45.9 Å². The smallest absolute Gasteiger partial charge is 0.238 e. The molecule has 7 heterocycles. The number of rotatable bonds is 7. The average molecular weight is 796 g/mol. The van der Waals surface area contributed by atoms with Crippen molar-refractivity contribution in [2.45, 2.75) is 26.4 Å². The lowest BCUT2D eigenvalue weighted by Gasteiger charge is -2.20. The predicted octanol–water partition coefficient (Wildman–Crippen LogP) is 6.40. The molecule has 0 bridgehead atoms. The monoisotopic (exact) mass is 794 g/mol. The maximum absolute atomic E-state index is 5.83. The molecule has 0 spiro atoms. The predicted molar refractivity (Wildman–Crippen MR) is 203 cm³/mol. The number of nitrogens with zero attached hydrogens (tertiary/aromatic N) is 8. The summed E-state index contributed by atoms with van der Waals surface area (Å²) in [6.07, 6.45) is 3.62. The van der Waals surface area contributed by atoms with E-state index in [4.69, 9.17) is 28.0 Å². The Morgan fingerprint density at radius 2 is 1.24 bits per heavy atom. The van der Waals surface area contributed by atoms with E-state index in [1.165, 1.54) is 0 Å². The lowest BCUT2D eigenvalue weighted by molar-refractivity contribution is 0.0569. The van der Waals surface area contributed by atoms with Crippen molar-refractivity contribution >= 4 is 49.8 Å². The first-order chi connectivity index (χ1) is 25.9. The number of hydrogen-bond donors (Lipinski definition) is 2. The molecule has 7 aromatic rings. The molecule has 2 aromatic carbocycles. The third-order valence-electron chi connectivity index (χ3n) is 8.10. The average Bonchev–Trinajstić information content (AvgIpc) is 3.97. The molecule has 276 valence electrons. The highest BCUT2D eigenvalue weighted by atomic mass is 79.9. The van der Waals surface area contributed by atoms with E-state index in [0.29, 0.717) is 59.8 Å². The number of amidine groups is 2. The highest BCUT2D eigenvalue weighted by Gasteiger charge is 2.26. The van der Waals surface area contributed by atoms with Gasteiger partial charge in [-0.3, -0.25) is 9.68 Å². The number of imidazole rings is 1. The Labute approximate surface area is 317 Å². The van der Waals surface area contributed by atoms with E-state index in [1.807, 2.05) is 90.5 Å². The molecule has 9 rings (SSSR count). The van der Waals surface area contributed by atoms with Crippen molar-refractivity contribution < 1.29 is 28.0 Å². The van der Waals surface area contributed by atoms with Crippen LogP contribution in [0, 0.1) is 6.92 Å². The molecular formula is C37H35BrN10O6. The first-order valence-corrected chi connectivity index (χ1v) is 17.1. The molecule has 17 heteroatoms. The number of aliphatic imine (C=N–C) groups is 2. The van der Waals surface area contributed by atoms with Gasteiger partial charge in [0.2, 0.25) is 23.5 Å². The molecule has 0 fully saturated rings. The Kier molecular flexibility index (Phi) is 10.6. The van der Waals surface area contributed by atoms with Gasteiger partial charge in [0.1, 0.15) is 41.3 Å². The van der Waals surface area contributed by atoms with E-state index in [9.17, 15) is 0 Å². The molecule has 0 radical (unpaired) electrons. The number of pyridine rings is 2. The van der Waals surface area contributed by atoms with Gasteiger partial charge in [0.15, 0.2) is 34.9 Å². The number of benzene rings is 2. The van der Waals surface area contributed by atoms with Crippen LogP contribution >= 0.6 is 15.9 Å². The van der Waals surface area contributed by atoms with Gasteiger partial charge in [0, 0.05) is 6.20 Å². The number of nitrogens with one attached hydrogen (secondary N) is 2. The molecule has 0 saturated carbocycles.